The highest BCUT2D eigenvalue weighted by Gasteiger charge is 2.28. The van der Waals surface area contributed by atoms with Crippen molar-refractivity contribution < 1.29 is 4.74 Å². The third-order valence-electron chi connectivity index (χ3n) is 6.90. The molecule has 0 unspecified atom stereocenters. The second kappa shape index (κ2) is 7.78. The van der Waals surface area contributed by atoms with E-state index in [1.807, 2.05) is 21.9 Å². The van der Waals surface area contributed by atoms with Crippen molar-refractivity contribution in [2.45, 2.75) is 44.6 Å². The Morgan fingerprint density at radius 1 is 1.07 bits per heavy atom. The molecule has 7 heteroatoms. The summed E-state index contributed by atoms with van der Waals surface area (Å²) < 4.78 is 9.26. The average Bonchev–Trinajstić information content (AvgIpc) is 3.27. The molecule has 3 aromatic heterocycles. The lowest BCUT2D eigenvalue weighted by Gasteiger charge is -2.38. The molecule has 0 radical (unpaired) electrons. The number of pyridine rings is 1. The first kappa shape index (κ1) is 19.2. The number of thiol groups is 1. The Balaban J connectivity index is 1.40. The van der Waals surface area contributed by atoms with Gasteiger partial charge in [-0.1, -0.05) is 12.8 Å². The Labute approximate surface area is 177 Å². The van der Waals surface area contributed by atoms with Crippen molar-refractivity contribution in [3.8, 4) is 11.1 Å². The largest absolute Gasteiger partial charge is 0.379 e. The molecule has 6 nitrogen and oxygen atoms in total. The number of nitrogens with zero attached hydrogens (tertiary/aromatic N) is 5. The van der Waals surface area contributed by atoms with Crippen molar-refractivity contribution in [2.75, 3.05) is 26.3 Å². The highest BCUT2D eigenvalue weighted by atomic mass is 32.1. The van der Waals surface area contributed by atoms with E-state index in [1.54, 1.807) is 0 Å². The van der Waals surface area contributed by atoms with Gasteiger partial charge in [0.2, 0.25) is 0 Å². The topological polar surface area (TPSA) is 48.1 Å². The van der Waals surface area contributed by atoms with Crippen molar-refractivity contribution in [3.05, 3.63) is 35.9 Å². The van der Waals surface area contributed by atoms with Crippen LogP contribution in [0.5, 0.6) is 0 Å². The van der Waals surface area contributed by atoms with Gasteiger partial charge in [0, 0.05) is 60.8 Å². The number of hydrogen-bond donors (Lipinski definition) is 1. The van der Waals surface area contributed by atoms with Gasteiger partial charge < -0.3 is 4.74 Å². The Morgan fingerprint density at radius 2 is 1.83 bits per heavy atom. The number of rotatable bonds is 3. The van der Waals surface area contributed by atoms with E-state index >= 15 is 0 Å². The van der Waals surface area contributed by atoms with Crippen molar-refractivity contribution in [1.29, 1.82) is 0 Å². The van der Waals surface area contributed by atoms with Gasteiger partial charge in [-0.15, -0.1) is 0 Å². The fraction of sp³-hybridized carbons (Fsp3) is 0.545. The van der Waals surface area contributed by atoms with Gasteiger partial charge in [0.25, 0.3) is 0 Å². The molecule has 0 amide bonds. The maximum absolute atomic E-state index is 5.52. The van der Waals surface area contributed by atoms with Crippen molar-refractivity contribution in [2.24, 2.45) is 7.05 Å². The first-order valence-electron chi connectivity index (χ1n) is 10.6. The van der Waals surface area contributed by atoms with Crippen LogP contribution in [0.4, 0.5) is 0 Å². The molecule has 0 spiro atoms. The van der Waals surface area contributed by atoms with Crippen LogP contribution in [0.3, 0.4) is 0 Å². The zero-order chi connectivity index (χ0) is 20.0. The summed E-state index contributed by atoms with van der Waals surface area (Å²) >= 11 is 4.61. The molecule has 2 fully saturated rings. The summed E-state index contributed by atoms with van der Waals surface area (Å²) in [6.45, 7) is 6.06. The predicted octanol–water partition coefficient (Wildman–Crippen LogP) is 3.80. The van der Waals surface area contributed by atoms with Gasteiger partial charge in [-0.3, -0.25) is 13.6 Å². The number of aryl methyl sites for hydroxylation is 1. The predicted molar refractivity (Wildman–Crippen MR) is 118 cm³/mol. The quantitative estimate of drug-likeness (QED) is 0.666. The van der Waals surface area contributed by atoms with Crippen LogP contribution in [-0.2, 0) is 11.8 Å². The summed E-state index contributed by atoms with van der Waals surface area (Å²) in [5, 5.41) is 5.59. The molecule has 4 heterocycles. The maximum Gasteiger partial charge on any atom is 0.150 e. The first-order valence-corrected chi connectivity index (χ1v) is 11.0. The Morgan fingerprint density at radius 3 is 2.52 bits per heavy atom. The molecular weight excluding hydrogens is 382 g/mol. The normalized spacial score (nSPS) is 23.7. The van der Waals surface area contributed by atoms with Crippen LogP contribution in [-0.4, -0.2) is 56.0 Å². The van der Waals surface area contributed by atoms with E-state index in [2.05, 4.69) is 48.2 Å². The standard InChI is InChI=1S/C22H29N5OS/c1-15-20(13-24-25(15)2)21-14-27(29)22-19(21)11-17(12-23-22)16-3-5-18(6-4-16)26-7-9-28-10-8-26/h11-14,16,18,29H,3-10H2,1-2H3. The molecule has 2 aliphatic rings. The summed E-state index contributed by atoms with van der Waals surface area (Å²) in [6.07, 6.45) is 11.1. The fourth-order valence-corrected chi connectivity index (χ4v) is 5.30. The van der Waals surface area contributed by atoms with E-state index < -0.39 is 0 Å². The number of morpholine rings is 1. The first-order chi connectivity index (χ1) is 14.1. The van der Waals surface area contributed by atoms with E-state index in [9.17, 15) is 0 Å². The lowest BCUT2D eigenvalue weighted by atomic mass is 9.81. The lowest BCUT2D eigenvalue weighted by molar-refractivity contribution is 0.00729. The molecule has 154 valence electrons. The van der Waals surface area contributed by atoms with Gasteiger partial charge in [-0.2, -0.15) is 5.10 Å². The monoisotopic (exact) mass is 411 g/mol. The van der Waals surface area contributed by atoms with Gasteiger partial charge in [0.1, 0.15) is 5.65 Å². The zero-order valence-electron chi connectivity index (χ0n) is 17.2. The molecule has 1 saturated carbocycles. The molecule has 0 aromatic carbocycles. The third kappa shape index (κ3) is 3.49. The van der Waals surface area contributed by atoms with E-state index in [4.69, 9.17) is 9.72 Å². The molecule has 0 N–H and O–H groups in total. The molecule has 0 atom stereocenters. The summed E-state index contributed by atoms with van der Waals surface area (Å²) in [6, 6.07) is 3.07. The smallest absolute Gasteiger partial charge is 0.150 e. The number of ether oxygens (including phenoxy) is 1. The number of aromatic nitrogens is 4. The molecule has 5 rings (SSSR count). The third-order valence-corrected chi connectivity index (χ3v) is 7.21. The highest BCUT2D eigenvalue weighted by Crippen LogP contribution is 2.38. The summed E-state index contributed by atoms with van der Waals surface area (Å²) in [4.78, 5) is 7.41. The number of fused-ring (bicyclic) bond motifs is 1. The van der Waals surface area contributed by atoms with Gasteiger partial charge in [0.15, 0.2) is 0 Å². The summed E-state index contributed by atoms with van der Waals surface area (Å²) in [7, 11) is 1.98. The van der Waals surface area contributed by atoms with Crippen molar-refractivity contribution in [1.82, 2.24) is 23.6 Å². The Kier molecular flexibility index (Phi) is 5.14. The van der Waals surface area contributed by atoms with Gasteiger partial charge >= 0.3 is 0 Å². The molecule has 29 heavy (non-hydrogen) atoms. The van der Waals surface area contributed by atoms with Gasteiger partial charge in [-0.05, 0) is 50.2 Å². The zero-order valence-corrected chi connectivity index (χ0v) is 18.1. The van der Waals surface area contributed by atoms with E-state index in [0.29, 0.717) is 5.92 Å². The summed E-state index contributed by atoms with van der Waals surface area (Å²) in [5.74, 6) is 0.593. The maximum atomic E-state index is 5.52. The molecule has 1 aliphatic heterocycles. The van der Waals surface area contributed by atoms with Crippen LogP contribution in [0, 0.1) is 6.92 Å². The second-order valence-electron chi connectivity index (χ2n) is 8.45. The van der Waals surface area contributed by atoms with E-state index in [-0.39, 0.29) is 0 Å². The van der Waals surface area contributed by atoms with Crippen LogP contribution < -0.4 is 0 Å². The Bertz CT molecular complexity index is 1010. The van der Waals surface area contributed by atoms with Crippen LogP contribution in [0.1, 0.15) is 42.9 Å². The molecule has 1 aliphatic carbocycles. The average molecular weight is 412 g/mol. The van der Waals surface area contributed by atoms with E-state index in [1.165, 1.54) is 36.6 Å². The lowest BCUT2D eigenvalue weighted by Crippen LogP contribution is -2.44. The minimum absolute atomic E-state index is 0.593. The fourth-order valence-electron chi connectivity index (χ4n) is 5.03. The Hall–Kier alpha value is -1.83. The molecule has 0 bridgehead atoms. The van der Waals surface area contributed by atoms with Crippen LogP contribution in [0.2, 0.25) is 0 Å². The minimum atomic E-state index is 0.593. The van der Waals surface area contributed by atoms with Crippen LogP contribution in [0.15, 0.2) is 24.7 Å². The van der Waals surface area contributed by atoms with Crippen molar-refractivity contribution in [3.63, 3.8) is 0 Å². The van der Waals surface area contributed by atoms with Gasteiger partial charge in [-0.25, -0.2) is 4.98 Å². The van der Waals surface area contributed by atoms with Crippen LogP contribution in [0.25, 0.3) is 22.2 Å². The van der Waals surface area contributed by atoms with Crippen LogP contribution >= 0.6 is 12.8 Å². The SMILES string of the molecule is Cc1c(-c2cn(S)c3ncc(C4CCC(N5CCOCC5)CC4)cc23)cnn1C. The minimum Gasteiger partial charge on any atom is -0.379 e. The molecular formula is C22H29N5OS. The molecule has 1 saturated heterocycles. The highest BCUT2D eigenvalue weighted by molar-refractivity contribution is 7.78. The van der Waals surface area contributed by atoms with E-state index in [0.717, 1.165) is 54.8 Å². The second-order valence-corrected chi connectivity index (χ2v) is 8.88. The molecule has 3 aromatic rings. The van der Waals surface area contributed by atoms with Crippen molar-refractivity contribution >= 4 is 23.8 Å². The number of hydrogen-bond acceptors (Lipinski definition) is 5. The summed E-state index contributed by atoms with van der Waals surface area (Å²) in [5.41, 5.74) is 5.75. The van der Waals surface area contributed by atoms with Gasteiger partial charge in [0.05, 0.1) is 19.4 Å².